The lowest BCUT2D eigenvalue weighted by Gasteiger charge is -2.09. The molecule has 47 heavy (non-hydrogen) atoms. The molecule has 0 unspecified atom stereocenters. The molecule has 0 fully saturated rings. The summed E-state index contributed by atoms with van der Waals surface area (Å²) in [5.74, 6) is 0.499. The first-order valence-corrected chi connectivity index (χ1v) is 18.4. The molecule has 0 aromatic carbocycles. The molecule has 0 aromatic rings. The standard InChI is InChI=1S/C34H69ClO12/c1-2-3-4-5-6-7-8-9-11-36-13-15-38-17-19-40-21-23-42-25-27-44-29-31-46-33-34-47-32-30-45-28-26-43-24-22-41-20-18-39-16-14-37-12-10-35/h2-34H2,1H3. The van der Waals surface area contributed by atoms with Gasteiger partial charge in [-0.3, -0.25) is 0 Å². The maximum atomic E-state index is 5.62. The van der Waals surface area contributed by atoms with Crippen molar-refractivity contribution in [2.75, 3.05) is 164 Å². The molecule has 0 aromatic heterocycles. The predicted molar refractivity (Wildman–Crippen MR) is 183 cm³/mol. The first-order chi connectivity index (χ1) is 23.4. The zero-order chi connectivity index (χ0) is 33.8. The monoisotopic (exact) mass is 704 g/mol. The van der Waals surface area contributed by atoms with Crippen molar-refractivity contribution < 1.29 is 56.8 Å². The van der Waals surface area contributed by atoms with E-state index in [9.17, 15) is 0 Å². The number of halogens is 1. The normalized spacial score (nSPS) is 11.6. The molecule has 0 heterocycles. The van der Waals surface area contributed by atoms with Crippen LogP contribution >= 0.6 is 11.6 Å². The molecule has 0 aliphatic heterocycles. The highest BCUT2D eigenvalue weighted by molar-refractivity contribution is 6.17. The molecule has 0 atom stereocenters. The molecule has 284 valence electrons. The van der Waals surface area contributed by atoms with Crippen LogP contribution in [-0.2, 0) is 56.8 Å². The third-order valence-corrected chi connectivity index (χ3v) is 6.61. The highest BCUT2D eigenvalue weighted by atomic mass is 35.5. The predicted octanol–water partition coefficient (Wildman–Crippen LogP) is 4.57. The molecule has 0 saturated carbocycles. The second-order valence-electron chi connectivity index (χ2n) is 10.5. The summed E-state index contributed by atoms with van der Waals surface area (Å²) >= 11 is 5.51. The van der Waals surface area contributed by atoms with Gasteiger partial charge in [-0.1, -0.05) is 51.9 Å². The van der Waals surface area contributed by atoms with Gasteiger partial charge in [0, 0.05) is 12.5 Å². The zero-order valence-corrected chi connectivity index (χ0v) is 30.4. The fourth-order valence-corrected chi connectivity index (χ4v) is 4.02. The van der Waals surface area contributed by atoms with E-state index in [4.69, 9.17) is 68.4 Å². The molecule has 0 N–H and O–H groups in total. The van der Waals surface area contributed by atoms with E-state index in [0.717, 1.165) is 13.0 Å². The van der Waals surface area contributed by atoms with Crippen LogP contribution in [-0.4, -0.2) is 164 Å². The number of alkyl halides is 1. The van der Waals surface area contributed by atoms with Crippen LogP contribution in [0.3, 0.4) is 0 Å². The molecule has 0 radical (unpaired) electrons. The number of rotatable bonds is 44. The van der Waals surface area contributed by atoms with E-state index in [1.165, 1.54) is 44.9 Å². The van der Waals surface area contributed by atoms with Crippen molar-refractivity contribution >= 4 is 11.6 Å². The third kappa shape index (κ3) is 45.8. The van der Waals surface area contributed by atoms with Crippen molar-refractivity contribution in [2.45, 2.75) is 58.3 Å². The minimum absolute atomic E-state index is 0.499. The lowest BCUT2D eigenvalue weighted by Crippen LogP contribution is -2.15. The SMILES string of the molecule is CCCCCCCCCCOCCOCCOCCOCCOCCOCCOCCOCCOCCOCCOCCOCCCl. The second kappa shape index (κ2) is 45.8. The summed E-state index contributed by atoms with van der Waals surface area (Å²) in [4.78, 5) is 0. The summed E-state index contributed by atoms with van der Waals surface area (Å²) < 4.78 is 65.6. The molecule has 0 rings (SSSR count). The van der Waals surface area contributed by atoms with Crippen molar-refractivity contribution in [2.24, 2.45) is 0 Å². The van der Waals surface area contributed by atoms with Gasteiger partial charge in [0.2, 0.25) is 0 Å². The van der Waals surface area contributed by atoms with Crippen molar-refractivity contribution in [1.29, 1.82) is 0 Å². The molecule has 12 nitrogen and oxygen atoms in total. The Balaban J connectivity index is 3.03. The number of ether oxygens (including phenoxy) is 12. The van der Waals surface area contributed by atoms with Gasteiger partial charge in [-0.15, -0.1) is 11.6 Å². The Kier molecular flexibility index (Phi) is 45.6. The summed E-state index contributed by atoms with van der Waals surface area (Å²) in [7, 11) is 0. The molecular weight excluding hydrogens is 636 g/mol. The average molecular weight is 705 g/mol. The van der Waals surface area contributed by atoms with Crippen LogP contribution in [0.25, 0.3) is 0 Å². The molecule has 0 bridgehead atoms. The molecule has 0 saturated heterocycles. The summed E-state index contributed by atoms with van der Waals surface area (Å²) in [5.41, 5.74) is 0. The van der Waals surface area contributed by atoms with Crippen LogP contribution < -0.4 is 0 Å². The van der Waals surface area contributed by atoms with E-state index in [1.807, 2.05) is 0 Å². The molecule has 13 heteroatoms. The highest BCUT2D eigenvalue weighted by Crippen LogP contribution is 2.08. The van der Waals surface area contributed by atoms with Crippen molar-refractivity contribution in [3.8, 4) is 0 Å². The Bertz CT molecular complexity index is 495. The molecule has 0 spiro atoms. The highest BCUT2D eigenvalue weighted by Gasteiger charge is 1.97. The first-order valence-electron chi connectivity index (χ1n) is 17.9. The second-order valence-corrected chi connectivity index (χ2v) is 10.9. The van der Waals surface area contributed by atoms with E-state index >= 15 is 0 Å². The molecule has 0 amide bonds. The van der Waals surface area contributed by atoms with Gasteiger partial charge in [-0.25, -0.2) is 0 Å². The number of unbranched alkanes of at least 4 members (excludes halogenated alkanes) is 7. The van der Waals surface area contributed by atoms with Gasteiger partial charge in [0.1, 0.15) is 0 Å². The van der Waals surface area contributed by atoms with E-state index in [1.54, 1.807) is 0 Å². The quantitative estimate of drug-likeness (QED) is 0.0655. The fourth-order valence-electron chi connectivity index (χ4n) is 3.91. The van der Waals surface area contributed by atoms with Gasteiger partial charge in [0.05, 0.1) is 152 Å². The van der Waals surface area contributed by atoms with Gasteiger partial charge in [0.25, 0.3) is 0 Å². The van der Waals surface area contributed by atoms with E-state index in [2.05, 4.69) is 6.92 Å². The van der Waals surface area contributed by atoms with Gasteiger partial charge < -0.3 is 56.8 Å². The first kappa shape index (κ1) is 46.8. The number of hydrogen-bond donors (Lipinski definition) is 0. The molecule has 0 aliphatic carbocycles. The zero-order valence-electron chi connectivity index (χ0n) is 29.6. The van der Waals surface area contributed by atoms with E-state index in [0.29, 0.717) is 158 Å². The van der Waals surface area contributed by atoms with Gasteiger partial charge >= 0.3 is 0 Å². The largest absolute Gasteiger partial charge is 0.379 e. The average Bonchev–Trinajstić information content (AvgIpc) is 3.08. The Labute approximate surface area is 290 Å². The maximum absolute atomic E-state index is 5.62. The Hall–Kier alpha value is -0.190. The summed E-state index contributed by atoms with van der Waals surface area (Å²) in [6, 6.07) is 0. The van der Waals surface area contributed by atoms with Crippen molar-refractivity contribution in [3.63, 3.8) is 0 Å². The van der Waals surface area contributed by atoms with Crippen LogP contribution in [0.2, 0.25) is 0 Å². The van der Waals surface area contributed by atoms with Crippen LogP contribution in [0, 0.1) is 0 Å². The minimum Gasteiger partial charge on any atom is -0.379 e. The van der Waals surface area contributed by atoms with Gasteiger partial charge in [-0.2, -0.15) is 0 Å². The Morgan fingerprint density at radius 3 is 0.660 bits per heavy atom. The van der Waals surface area contributed by atoms with Crippen LogP contribution in [0.4, 0.5) is 0 Å². The van der Waals surface area contributed by atoms with E-state index < -0.39 is 0 Å². The molecular formula is C34H69ClO12. The van der Waals surface area contributed by atoms with Crippen molar-refractivity contribution in [3.05, 3.63) is 0 Å². The lowest BCUT2D eigenvalue weighted by molar-refractivity contribution is -0.0282. The van der Waals surface area contributed by atoms with Crippen molar-refractivity contribution in [1.82, 2.24) is 0 Å². The van der Waals surface area contributed by atoms with Gasteiger partial charge in [-0.05, 0) is 6.42 Å². The van der Waals surface area contributed by atoms with Gasteiger partial charge in [0.15, 0.2) is 0 Å². The smallest absolute Gasteiger partial charge is 0.0701 e. The summed E-state index contributed by atoms with van der Waals surface area (Å²) in [6.45, 7) is 15.5. The van der Waals surface area contributed by atoms with E-state index in [-0.39, 0.29) is 0 Å². The fraction of sp³-hybridized carbons (Fsp3) is 1.00. The Morgan fingerprint density at radius 2 is 0.426 bits per heavy atom. The topological polar surface area (TPSA) is 111 Å². The Morgan fingerprint density at radius 1 is 0.234 bits per heavy atom. The minimum atomic E-state index is 0.499. The molecule has 0 aliphatic rings. The lowest BCUT2D eigenvalue weighted by atomic mass is 10.1. The van der Waals surface area contributed by atoms with Crippen LogP contribution in [0.15, 0.2) is 0 Å². The van der Waals surface area contributed by atoms with Crippen LogP contribution in [0.1, 0.15) is 58.3 Å². The third-order valence-electron chi connectivity index (χ3n) is 6.46. The number of hydrogen-bond acceptors (Lipinski definition) is 12. The van der Waals surface area contributed by atoms with Crippen LogP contribution in [0.5, 0.6) is 0 Å². The maximum Gasteiger partial charge on any atom is 0.0701 e. The summed E-state index contributed by atoms with van der Waals surface area (Å²) in [6.07, 6.45) is 10.5. The summed E-state index contributed by atoms with van der Waals surface area (Å²) in [5, 5.41) is 0.